The highest BCUT2D eigenvalue weighted by Crippen LogP contribution is 2.44. The number of benzene rings is 3. The molecule has 9 heteroatoms. The van der Waals surface area contributed by atoms with E-state index in [1.54, 1.807) is 66.7 Å². The number of Topliss-reactive ketones (excluding diaryl/α,β-unsaturated/α-hetero) is 1. The summed E-state index contributed by atoms with van der Waals surface area (Å²) in [4.78, 5) is 39.9. The SMILES string of the molecule is COC(=O)Cc1ccc(N2C(=O)C(=O)/C(=C(\O)c3ccc(OC)cc3OC)C2c2cccc(OC)c2)cc1. The van der Waals surface area contributed by atoms with Crippen LogP contribution < -0.4 is 19.1 Å². The Bertz CT molecular complexity index is 1410. The molecule has 9 nitrogen and oxygen atoms in total. The summed E-state index contributed by atoms with van der Waals surface area (Å²) in [7, 11) is 5.75. The quantitative estimate of drug-likeness (QED) is 0.206. The van der Waals surface area contributed by atoms with Gasteiger partial charge in [0.05, 0.1) is 52.0 Å². The van der Waals surface area contributed by atoms with Gasteiger partial charge in [-0.25, -0.2) is 0 Å². The van der Waals surface area contributed by atoms with Gasteiger partial charge in [0.2, 0.25) is 0 Å². The smallest absolute Gasteiger partial charge is 0.309 e. The number of amides is 1. The highest BCUT2D eigenvalue weighted by Gasteiger charge is 2.47. The number of ether oxygens (including phenoxy) is 4. The summed E-state index contributed by atoms with van der Waals surface area (Å²) >= 11 is 0. The largest absolute Gasteiger partial charge is 0.507 e. The average Bonchev–Trinajstić information content (AvgIpc) is 3.22. The number of carbonyl (C=O) groups is 3. The third-order valence-corrected chi connectivity index (χ3v) is 6.31. The lowest BCUT2D eigenvalue weighted by Crippen LogP contribution is -2.29. The molecule has 3 aromatic carbocycles. The molecule has 1 amide bonds. The average molecular weight is 518 g/mol. The lowest BCUT2D eigenvalue weighted by Gasteiger charge is -2.26. The van der Waals surface area contributed by atoms with Gasteiger partial charge in [-0.3, -0.25) is 19.3 Å². The van der Waals surface area contributed by atoms with E-state index in [1.165, 1.54) is 33.3 Å². The second kappa shape index (κ2) is 11.1. The van der Waals surface area contributed by atoms with Crippen molar-refractivity contribution in [3.63, 3.8) is 0 Å². The first kappa shape index (κ1) is 26.3. The third kappa shape index (κ3) is 4.90. The van der Waals surface area contributed by atoms with Crippen LogP contribution in [0.4, 0.5) is 5.69 Å². The van der Waals surface area contributed by atoms with E-state index in [-0.39, 0.29) is 29.1 Å². The fourth-order valence-corrected chi connectivity index (χ4v) is 4.38. The fourth-order valence-electron chi connectivity index (χ4n) is 4.38. The van der Waals surface area contributed by atoms with Gasteiger partial charge < -0.3 is 24.1 Å². The molecule has 1 atom stereocenters. The van der Waals surface area contributed by atoms with Crippen molar-refractivity contribution < 1.29 is 38.4 Å². The fraction of sp³-hybridized carbons (Fsp3) is 0.207. The van der Waals surface area contributed by atoms with E-state index >= 15 is 0 Å². The monoisotopic (exact) mass is 517 g/mol. The van der Waals surface area contributed by atoms with Crippen molar-refractivity contribution in [2.24, 2.45) is 0 Å². The Balaban J connectivity index is 1.89. The molecule has 0 saturated carbocycles. The number of hydrogen-bond donors (Lipinski definition) is 1. The maximum atomic E-state index is 13.4. The summed E-state index contributed by atoms with van der Waals surface area (Å²) < 4.78 is 20.8. The Morgan fingerprint density at radius 2 is 1.55 bits per heavy atom. The molecule has 0 radical (unpaired) electrons. The van der Waals surface area contributed by atoms with Gasteiger partial charge in [0.1, 0.15) is 23.0 Å². The molecule has 1 N–H and O–H groups in total. The Morgan fingerprint density at radius 3 is 2.18 bits per heavy atom. The molecular weight excluding hydrogens is 490 g/mol. The highest BCUT2D eigenvalue weighted by molar-refractivity contribution is 6.51. The van der Waals surface area contributed by atoms with Gasteiger partial charge in [-0.15, -0.1) is 0 Å². The van der Waals surface area contributed by atoms with Crippen LogP contribution >= 0.6 is 0 Å². The molecule has 0 aliphatic carbocycles. The number of rotatable bonds is 8. The normalized spacial score (nSPS) is 16.3. The van der Waals surface area contributed by atoms with Crippen molar-refractivity contribution in [2.45, 2.75) is 12.5 Å². The van der Waals surface area contributed by atoms with Gasteiger partial charge in [-0.1, -0.05) is 24.3 Å². The van der Waals surface area contributed by atoms with Crippen LogP contribution in [-0.4, -0.2) is 51.2 Å². The molecule has 196 valence electrons. The predicted octanol–water partition coefficient (Wildman–Crippen LogP) is 4.05. The Labute approximate surface area is 219 Å². The van der Waals surface area contributed by atoms with E-state index in [4.69, 9.17) is 18.9 Å². The molecule has 3 aromatic rings. The Morgan fingerprint density at radius 1 is 0.868 bits per heavy atom. The van der Waals surface area contributed by atoms with Crippen LogP contribution in [0.15, 0.2) is 72.3 Å². The van der Waals surface area contributed by atoms with Crippen molar-refractivity contribution in [2.75, 3.05) is 33.3 Å². The standard InChI is InChI=1S/C29H27NO8/c1-35-20-7-5-6-18(15-20)26-25(27(32)22-13-12-21(36-2)16-23(22)37-3)28(33)29(34)30(26)19-10-8-17(9-11-19)14-24(31)38-4/h5-13,15-16,26,32H,14H2,1-4H3/b27-25-. The van der Waals surface area contributed by atoms with E-state index in [9.17, 15) is 19.5 Å². The molecule has 4 rings (SSSR count). The van der Waals surface area contributed by atoms with Gasteiger partial charge in [-0.2, -0.15) is 0 Å². The first-order chi connectivity index (χ1) is 18.3. The maximum Gasteiger partial charge on any atom is 0.309 e. The number of esters is 1. The second-order valence-electron chi connectivity index (χ2n) is 8.43. The molecule has 1 fully saturated rings. The minimum atomic E-state index is -0.969. The second-order valence-corrected chi connectivity index (χ2v) is 8.43. The molecule has 1 saturated heterocycles. The van der Waals surface area contributed by atoms with E-state index in [2.05, 4.69) is 0 Å². The Kier molecular flexibility index (Phi) is 7.66. The zero-order valence-corrected chi connectivity index (χ0v) is 21.4. The zero-order valence-electron chi connectivity index (χ0n) is 21.4. The summed E-state index contributed by atoms with van der Waals surface area (Å²) in [6.45, 7) is 0. The third-order valence-electron chi connectivity index (χ3n) is 6.31. The van der Waals surface area contributed by atoms with Crippen LogP contribution in [-0.2, 0) is 25.5 Å². The van der Waals surface area contributed by atoms with E-state index < -0.39 is 23.7 Å². The van der Waals surface area contributed by atoms with Crippen molar-refractivity contribution in [1.29, 1.82) is 0 Å². The number of aliphatic hydroxyl groups excluding tert-OH is 1. The van der Waals surface area contributed by atoms with Gasteiger partial charge in [-0.05, 0) is 47.5 Å². The summed E-state index contributed by atoms with van der Waals surface area (Å²) in [5, 5.41) is 11.5. The lowest BCUT2D eigenvalue weighted by molar-refractivity contribution is -0.139. The predicted molar refractivity (Wildman–Crippen MR) is 139 cm³/mol. The molecule has 1 unspecified atom stereocenters. The number of methoxy groups -OCH3 is 4. The number of anilines is 1. The first-order valence-corrected chi connectivity index (χ1v) is 11.7. The van der Waals surface area contributed by atoms with Crippen molar-refractivity contribution in [1.82, 2.24) is 0 Å². The van der Waals surface area contributed by atoms with Crippen LogP contribution in [0.2, 0.25) is 0 Å². The van der Waals surface area contributed by atoms with Gasteiger partial charge in [0.25, 0.3) is 11.7 Å². The van der Waals surface area contributed by atoms with E-state index in [1.807, 2.05) is 0 Å². The van der Waals surface area contributed by atoms with Crippen molar-refractivity contribution in [3.05, 3.63) is 89.0 Å². The van der Waals surface area contributed by atoms with Crippen LogP contribution in [0.5, 0.6) is 17.2 Å². The molecule has 1 aliphatic heterocycles. The van der Waals surface area contributed by atoms with Gasteiger partial charge >= 0.3 is 5.97 Å². The van der Waals surface area contributed by atoms with E-state index in [0.29, 0.717) is 28.3 Å². The molecule has 1 aliphatic rings. The summed E-state index contributed by atoms with van der Waals surface area (Å²) in [6.07, 6.45) is 0.0617. The van der Waals surface area contributed by atoms with Gasteiger partial charge in [0.15, 0.2) is 0 Å². The molecular formula is C29H27NO8. The number of aliphatic hydroxyl groups is 1. The molecule has 0 spiro atoms. The van der Waals surface area contributed by atoms with E-state index in [0.717, 1.165) is 0 Å². The highest BCUT2D eigenvalue weighted by atomic mass is 16.5. The summed E-state index contributed by atoms with van der Waals surface area (Å²) in [5.41, 5.74) is 1.77. The number of ketones is 1. The summed E-state index contributed by atoms with van der Waals surface area (Å²) in [6, 6.07) is 17.4. The number of carbonyl (C=O) groups excluding carboxylic acids is 3. The minimum Gasteiger partial charge on any atom is -0.507 e. The van der Waals surface area contributed by atoms with Crippen LogP contribution in [0, 0.1) is 0 Å². The lowest BCUT2D eigenvalue weighted by atomic mass is 9.94. The Hall–Kier alpha value is -4.79. The molecule has 0 bridgehead atoms. The summed E-state index contributed by atoms with van der Waals surface area (Å²) in [5.74, 6) is -1.17. The number of nitrogens with zero attached hydrogens (tertiary/aromatic N) is 1. The van der Waals surface area contributed by atoms with Crippen LogP contribution in [0.1, 0.15) is 22.7 Å². The molecule has 1 heterocycles. The van der Waals surface area contributed by atoms with Crippen molar-refractivity contribution in [3.8, 4) is 17.2 Å². The van der Waals surface area contributed by atoms with Crippen molar-refractivity contribution >= 4 is 29.1 Å². The van der Waals surface area contributed by atoms with Gasteiger partial charge in [0, 0.05) is 11.8 Å². The molecule has 38 heavy (non-hydrogen) atoms. The topological polar surface area (TPSA) is 112 Å². The number of hydrogen-bond acceptors (Lipinski definition) is 8. The van der Waals surface area contributed by atoms with Crippen LogP contribution in [0.3, 0.4) is 0 Å². The zero-order chi connectivity index (χ0) is 27.4. The first-order valence-electron chi connectivity index (χ1n) is 11.7. The maximum absolute atomic E-state index is 13.4. The minimum absolute atomic E-state index is 0.0617. The van der Waals surface area contributed by atoms with Crippen LogP contribution in [0.25, 0.3) is 5.76 Å². The molecule has 0 aromatic heterocycles.